The van der Waals surface area contributed by atoms with Gasteiger partial charge in [0, 0.05) is 25.0 Å². The molecule has 1 amide bonds. The van der Waals surface area contributed by atoms with Crippen LogP contribution in [0, 0.1) is 0 Å². The first kappa shape index (κ1) is 23.3. The zero-order valence-electron chi connectivity index (χ0n) is 17.6. The van der Waals surface area contributed by atoms with Gasteiger partial charge in [-0.1, -0.05) is 0 Å². The molecule has 34 heavy (non-hydrogen) atoms. The van der Waals surface area contributed by atoms with E-state index < -0.39 is 41.2 Å². The van der Waals surface area contributed by atoms with Gasteiger partial charge in [-0.25, -0.2) is 19.3 Å². The molecule has 5 N–H and O–H groups in total. The summed E-state index contributed by atoms with van der Waals surface area (Å²) in [5, 5.41) is 2.54. The van der Waals surface area contributed by atoms with Crippen molar-refractivity contribution >= 4 is 23.2 Å². The predicted octanol–water partition coefficient (Wildman–Crippen LogP) is 2.66. The Hall–Kier alpha value is -3.87. The van der Waals surface area contributed by atoms with Crippen molar-refractivity contribution in [1.29, 1.82) is 0 Å². The summed E-state index contributed by atoms with van der Waals surface area (Å²) in [6, 6.07) is 4.70. The number of alkyl halides is 4. The van der Waals surface area contributed by atoms with Gasteiger partial charge in [0.15, 0.2) is 17.3 Å². The van der Waals surface area contributed by atoms with E-state index in [1.165, 1.54) is 12.4 Å². The Balaban J connectivity index is 1.64. The van der Waals surface area contributed by atoms with E-state index in [2.05, 4.69) is 25.3 Å². The lowest BCUT2D eigenvalue weighted by molar-refractivity contribution is -0.137. The van der Waals surface area contributed by atoms with Gasteiger partial charge < -0.3 is 21.7 Å². The monoisotopic (exact) mass is 476 g/mol. The van der Waals surface area contributed by atoms with Crippen LogP contribution in [0.1, 0.15) is 22.5 Å². The van der Waals surface area contributed by atoms with Crippen molar-refractivity contribution < 1.29 is 22.4 Å². The number of nitrogens with one attached hydrogen (secondary N) is 1. The summed E-state index contributed by atoms with van der Waals surface area (Å²) < 4.78 is 54.3. The molecule has 3 aromatic heterocycles. The lowest BCUT2D eigenvalue weighted by Crippen LogP contribution is -2.48. The fourth-order valence-corrected chi connectivity index (χ4v) is 3.57. The van der Waals surface area contributed by atoms with Gasteiger partial charge in [0.1, 0.15) is 17.6 Å². The fraction of sp³-hybridized carbons (Fsp3) is 0.286. The molecule has 4 rings (SSSR count). The number of pyridine rings is 2. The molecule has 9 nitrogen and oxygen atoms in total. The smallest absolute Gasteiger partial charge is 0.382 e. The van der Waals surface area contributed by atoms with Crippen LogP contribution < -0.4 is 21.7 Å². The van der Waals surface area contributed by atoms with E-state index in [0.717, 1.165) is 18.3 Å². The van der Waals surface area contributed by atoms with Gasteiger partial charge in [0.2, 0.25) is 0 Å². The molecule has 2 atom stereocenters. The molecule has 0 spiro atoms. The molecule has 0 radical (unpaired) electrons. The maximum absolute atomic E-state index is 14.2. The maximum atomic E-state index is 14.2. The van der Waals surface area contributed by atoms with Crippen molar-refractivity contribution in [3.63, 3.8) is 0 Å². The third kappa shape index (κ3) is 4.73. The Labute approximate surface area is 191 Å². The van der Waals surface area contributed by atoms with Crippen molar-refractivity contribution in [2.45, 2.75) is 24.8 Å². The summed E-state index contributed by atoms with van der Waals surface area (Å²) in [7, 11) is 0. The summed E-state index contributed by atoms with van der Waals surface area (Å²) >= 11 is 0. The van der Waals surface area contributed by atoms with E-state index in [1.807, 2.05) is 0 Å². The normalized spacial score (nSPS) is 18.6. The third-order valence-electron chi connectivity index (χ3n) is 5.32. The minimum absolute atomic E-state index is 0.0209. The number of nitrogens with zero attached hydrogens (tertiary/aromatic N) is 5. The number of halogens is 4. The van der Waals surface area contributed by atoms with Gasteiger partial charge in [0.25, 0.3) is 5.91 Å². The van der Waals surface area contributed by atoms with Crippen LogP contribution >= 0.6 is 0 Å². The first-order valence-electron chi connectivity index (χ1n) is 10.2. The molecule has 3 aromatic rings. The number of carbonyl (C=O) groups is 1. The van der Waals surface area contributed by atoms with Crippen molar-refractivity contribution in [1.82, 2.24) is 19.9 Å². The molecule has 0 bridgehead atoms. The average Bonchev–Trinajstić information content (AvgIpc) is 2.81. The van der Waals surface area contributed by atoms with E-state index in [9.17, 15) is 22.4 Å². The number of anilines is 3. The number of amides is 1. The van der Waals surface area contributed by atoms with Crippen molar-refractivity contribution in [3.8, 4) is 11.4 Å². The lowest BCUT2D eigenvalue weighted by atomic mass is 10.0. The van der Waals surface area contributed by atoms with Gasteiger partial charge >= 0.3 is 6.18 Å². The Morgan fingerprint density at radius 1 is 1.15 bits per heavy atom. The van der Waals surface area contributed by atoms with Crippen LogP contribution in [-0.2, 0) is 6.18 Å². The first-order chi connectivity index (χ1) is 16.1. The molecule has 2 unspecified atom stereocenters. The van der Waals surface area contributed by atoms with E-state index in [0.29, 0.717) is 18.7 Å². The summed E-state index contributed by atoms with van der Waals surface area (Å²) in [6.45, 7) is 0.473. The number of carbonyl (C=O) groups excluding carboxylic acids is 1. The summed E-state index contributed by atoms with van der Waals surface area (Å²) in [5.41, 5.74) is 9.78. The molecule has 0 saturated carbocycles. The molecule has 1 aliphatic heterocycles. The molecule has 4 heterocycles. The van der Waals surface area contributed by atoms with Crippen molar-refractivity contribution in [2.24, 2.45) is 5.73 Å². The summed E-state index contributed by atoms with van der Waals surface area (Å²) in [6.07, 6.45) is -1.92. The molecule has 178 valence electrons. The number of rotatable bonds is 4. The van der Waals surface area contributed by atoms with E-state index in [-0.39, 0.29) is 23.9 Å². The van der Waals surface area contributed by atoms with Crippen LogP contribution in [-0.4, -0.2) is 51.1 Å². The number of nitrogen functional groups attached to an aromatic ring is 1. The van der Waals surface area contributed by atoms with Crippen LogP contribution in [0.3, 0.4) is 0 Å². The Kier molecular flexibility index (Phi) is 6.28. The summed E-state index contributed by atoms with van der Waals surface area (Å²) in [4.78, 5) is 30.4. The van der Waals surface area contributed by atoms with Crippen LogP contribution in [0.5, 0.6) is 0 Å². The Morgan fingerprint density at radius 2 is 1.88 bits per heavy atom. The standard InChI is InChI=1S/C21H20F4N8O/c22-12-10-33(8-5-13(12)26)15-4-2-7-29-19(15)32-20(34)17-18(27)30-9-14(31-17)16-11(21(23,24)25)3-1-6-28-16/h1-4,6-7,9,12-13H,5,8,10,26H2,(H2,27,30)(H,29,32,34). The van der Waals surface area contributed by atoms with Crippen molar-refractivity contribution in [2.75, 3.05) is 29.0 Å². The zero-order chi connectivity index (χ0) is 24.5. The van der Waals surface area contributed by atoms with Gasteiger partial charge in [-0.3, -0.25) is 9.78 Å². The quantitative estimate of drug-likeness (QED) is 0.489. The number of hydrogen-bond donors (Lipinski definition) is 3. The molecule has 0 aliphatic carbocycles. The van der Waals surface area contributed by atoms with Crippen molar-refractivity contribution in [3.05, 3.63) is 54.1 Å². The second kappa shape index (κ2) is 9.17. The highest BCUT2D eigenvalue weighted by Gasteiger charge is 2.35. The minimum Gasteiger partial charge on any atom is -0.382 e. The maximum Gasteiger partial charge on any atom is 0.418 e. The third-order valence-corrected chi connectivity index (χ3v) is 5.32. The largest absolute Gasteiger partial charge is 0.418 e. The molecular formula is C21H20F4N8O. The average molecular weight is 476 g/mol. The molecule has 1 aliphatic rings. The molecular weight excluding hydrogens is 456 g/mol. The van der Waals surface area contributed by atoms with Gasteiger partial charge in [-0.2, -0.15) is 13.2 Å². The number of piperidine rings is 1. The number of nitrogens with two attached hydrogens (primary N) is 2. The van der Waals surface area contributed by atoms with E-state index in [4.69, 9.17) is 11.5 Å². The zero-order valence-corrected chi connectivity index (χ0v) is 17.6. The highest BCUT2D eigenvalue weighted by atomic mass is 19.4. The minimum atomic E-state index is -4.69. The van der Waals surface area contributed by atoms with Crippen LogP contribution in [0.4, 0.5) is 34.9 Å². The Morgan fingerprint density at radius 3 is 2.62 bits per heavy atom. The SMILES string of the molecule is Nc1ncc(-c2ncccc2C(F)(F)F)nc1C(=O)Nc1ncccc1N1CCC(N)C(F)C1. The number of hydrogen-bond acceptors (Lipinski definition) is 8. The van der Waals surface area contributed by atoms with Gasteiger partial charge in [-0.05, 0) is 30.7 Å². The summed E-state index contributed by atoms with van der Waals surface area (Å²) in [5.74, 6) is -1.03. The highest BCUT2D eigenvalue weighted by molar-refractivity contribution is 6.06. The van der Waals surface area contributed by atoms with Crippen LogP contribution in [0.15, 0.2) is 42.9 Å². The molecule has 13 heteroatoms. The first-order valence-corrected chi connectivity index (χ1v) is 10.2. The van der Waals surface area contributed by atoms with Crippen LogP contribution in [0.25, 0.3) is 11.4 Å². The Bertz CT molecular complexity index is 1210. The van der Waals surface area contributed by atoms with Gasteiger partial charge in [0.05, 0.1) is 24.0 Å². The van der Waals surface area contributed by atoms with E-state index >= 15 is 0 Å². The molecule has 1 fully saturated rings. The second-order valence-corrected chi connectivity index (χ2v) is 7.63. The number of aromatic nitrogens is 4. The topological polar surface area (TPSA) is 136 Å². The van der Waals surface area contributed by atoms with Crippen LogP contribution in [0.2, 0.25) is 0 Å². The highest BCUT2D eigenvalue weighted by Crippen LogP contribution is 2.35. The fourth-order valence-electron chi connectivity index (χ4n) is 3.57. The molecule has 1 saturated heterocycles. The van der Waals surface area contributed by atoms with Gasteiger partial charge in [-0.15, -0.1) is 0 Å². The predicted molar refractivity (Wildman–Crippen MR) is 117 cm³/mol. The molecule has 0 aromatic carbocycles. The lowest BCUT2D eigenvalue weighted by Gasteiger charge is -2.35. The second-order valence-electron chi connectivity index (χ2n) is 7.63. The van der Waals surface area contributed by atoms with E-state index in [1.54, 1.807) is 17.0 Å².